The first kappa shape index (κ1) is 16.4. The van der Waals surface area contributed by atoms with E-state index >= 15 is 0 Å². The van der Waals surface area contributed by atoms with Crippen LogP contribution in [-0.4, -0.2) is 17.4 Å². The van der Waals surface area contributed by atoms with Gasteiger partial charge in [0.05, 0.1) is 23.1 Å². The first-order chi connectivity index (χ1) is 11.6. The second-order valence-electron chi connectivity index (χ2n) is 6.23. The monoisotopic (exact) mass is 327 g/mol. The van der Waals surface area contributed by atoms with Gasteiger partial charge in [-0.05, 0) is 49.2 Å². The maximum absolute atomic E-state index is 13.0. The number of rotatable bonds is 4. The summed E-state index contributed by atoms with van der Waals surface area (Å²) in [6.45, 7) is 5.15. The van der Waals surface area contributed by atoms with Gasteiger partial charge in [0.2, 0.25) is 0 Å². The van der Waals surface area contributed by atoms with Crippen molar-refractivity contribution < 1.29 is 9.18 Å². The van der Waals surface area contributed by atoms with E-state index in [1.807, 2.05) is 19.1 Å². The number of hydrogen-bond donors (Lipinski definition) is 2. The molecule has 2 unspecified atom stereocenters. The minimum Gasteiger partial charge on any atom is -0.384 e. The lowest BCUT2D eigenvalue weighted by atomic mass is 9.97. The summed E-state index contributed by atoms with van der Waals surface area (Å²) in [5.74, 6) is -0.157. The fourth-order valence-corrected chi connectivity index (χ4v) is 3.00. The molecule has 2 N–H and O–H groups in total. The van der Waals surface area contributed by atoms with Crippen LogP contribution in [0.3, 0.4) is 0 Å². The standard InChI is InChI=1S/C19H22FN3O/c1-3-15(23-19(24)13-4-6-14(20)7-5-13)16-8-9-17-18(22-16)12(2)10-11-21-17/h4-9,12,15,21H,3,10-11H2,1-2H3,(H,23,24). The average Bonchev–Trinajstić information content (AvgIpc) is 2.60. The minimum atomic E-state index is -0.351. The third kappa shape index (κ3) is 3.40. The van der Waals surface area contributed by atoms with Crippen molar-refractivity contribution in [1.82, 2.24) is 10.3 Å². The third-order valence-corrected chi connectivity index (χ3v) is 4.48. The molecule has 2 atom stereocenters. The molecule has 3 rings (SSSR count). The van der Waals surface area contributed by atoms with Crippen molar-refractivity contribution in [3.63, 3.8) is 0 Å². The van der Waals surface area contributed by atoms with Crippen LogP contribution < -0.4 is 10.6 Å². The molecule has 126 valence electrons. The van der Waals surface area contributed by atoms with Gasteiger partial charge in [-0.1, -0.05) is 13.8 Å². The van der Waals surface area contributed by atoms with E-state index in [0.717, 1.165) is 36.5 Å². The van der Waals surface area contributed by atoms with Gasteiger partial charge in [-0.2, -0.15) is 0 Å². The summed E-state index contributed by atoms with van der Waals surface area (Å²) >= 11 is 0. The van der Waals surface area contributed by atoms with Crippen LogP contribution in [0.2, 0.25) is 0 Å². The molecule has 1 aromatic carbocycles. The van der Waals surface area contributed by atoms with Crippen molar-refractivity contribution in [1.29, 1.82) is 0 Å². The summed E-state index contributed by atoms with van der Waals surface area (Å²) in [6, 6.07) is 9.40. The van der Waals surface area contributed by atoms with Crippen molar-refractivity contribution in [2.24, 2.45) is 0 Å². The van der Waals surface area contributed by atoms with Gasteiger partial charge >= 0.3 is 0 Å². The van der Waals surface area contributed by atoms with Crippen LogP contribution in [-0.2, 0) is 0 Å². The second kappa shape index (κ2) is 6.99. The van der Waals surface area contributed by atoms with Gasteiger partial charge in [0.1, 0.15) is 5.82 Å². The third-order valence-electron chi connectivity index (χ3n) is 4.48. The van der Waals surface area contributed by atoms with Crippen molar-refractivity contribution in [3.05, 3.63) is 59.2 Å². The van der Waals surface area contributed by atoms with Crippen LogP contribution in [0.25, 0.3) is 0 Å². The number of carbonyl (C=O) groups is 1. The van der Waals surface area contributed by atoms with Crippen LogP contribution >= 0.6 is 0 Å². The molecule has 0 fully saturated rings. The molecule has 1 aliphatic rings. The van der Waals surface area contributed by atoms with E-state index in [1.54, 1.807) is 0 Å². The van der Waals surface area contributed by atoms with E-state index in [0.29, 0.717) is 11.5 Å². The van der Waals surface area contributed by atoms with Gasteiger partial charge in [-0.15, -0.1) is 0 Å². The Balaban J connectivity index is 1.80. The highest BCUT2D eigenvalue weighted by Gasteiger charge is 2.21. The quantitative estimate of drug-likeness (QED) is 0.892. The molecule has 1 aliphatic heterocycles. The number of hydrogen-bond acceptors (Lipinski definition) is 3. The SMILES string of the molecule is CCC(NC(=O)c1ccc(F)cc1)c1ccc2c(n1)C(C)CCN2. The number of anilines is 1. The number of aromatic nitrogens is 1. The number of amides is 1. The summed E-state index contributed by atoms with van der Waals surface area (Å²) in [6.07, 6.45) is 1.79. The van der Waals surface area contributed by atoms with E-state index in [2.05, 4.69) is 17.6 Å². The van der Waals surface area contributed by atoms with Crippen LogP contribution in [0.5, 0.6) is 0 Å². The van der Waals surface area contributed by atoms with Gasteiger partial charge in [0.15, 0.2) is 0 Å². The zero-order chi connectivity index (χ0) is 17.1. The summed E-state index contributed by atoms with van der Waals surface area (Å²) in [4.78, 5) is 17.2. The molecule has 2 aromatic rings. The number of fused-ring (bicyclic) bond motifs is 1. The number of carbonyl (C=O) groups excluding carboxylic acids is 1. The molecular formula is C19H22FN3O. The first-order valence-corrected chi connectivity index (χ1v) is 8.39. The first-order valence-electron chi connectivity index (χ1n) is 8.39. The predicted molar refractivity (Wildman–Crippen MR) is 92.7 cm³/mol. The van der Waals surface area contributed by atoms with Crippen LogP contribution in [0.1, 0.15) is 60.4 Å². The Kier molecular flexibility index (Phi) is 4.79. The average molecular weight is 327 g/mol. The van der Waals surface area contributed by atoms with Gasteiger partial charge in [0, 0.05) is 18.0 Å². The molecule has 24 heavy (non-hydrogen) atoms. The molecule has 0 aliphatic carbocycles. The molecule has 1 aromatic heterocycles. The molecule has 2 heterocycles. The Morgan fingerprint density at radius 2 is 2.08 bits per heavy atom. The van der Waals surface area contributed by atoms with E-state index in [1.165, 1.54) is 24.3 Å². The van der Waals surface area contributed by atoms with Crippen molar-refractivity contribution in [3.8, 4) is 0 Å². The van der Waals surface area contributed by atoms with Gasteiger partial charge in [-0.25, -0.2) is 4.39 Å². The molecule has 0 bridgehead atoms. The maximum Gasteiger partial charge on any atom is 0.251 e. The number of nitrogens with zero attached hydrogens (tertiary/aromatic N) is 1. The zero-order valence-electron chi connectivity index (χ0n) is 14.0. The second-order valence-corrected chi connectivity index (χ2v) is 6.23. The fraction of sp³-hybridized carbons (Fsp3) is 0.368. The fourth-order valence-electron chi connectivity index (χ4n) is 3.00. The summed E-state index contributed by atoms with van der Waals surface area (Å²) in [5, 5.41) is 6.36. The topological polar surface area (TPSA) is 54.0 Å². The van der Waals surface area contributed by atoms with Crippen molar-refractivity contribution >= 4 is 11.6 Å². The summed E-state index contributed by atoms with van der Waals surface area (Å²) in [5.41, 5.74) is 3.45. The van der Waals surface area contributed by atoms with Crippen LogP contribution in [0.4, 0.5) is 10.1 Å². The summed E-state index contributed by atoms with van der Waals surface area (Å²) in [7, 11) is 0. The zero-order valence-corrected chi connectivity index (χ0v) is 14.0. The lowest BCUT2D eigenvalue weighted by Crippen LogP contribution is -2.29. The Morgan fingerprint density at radius 3 is 2.79 bits per heavy atom. The van der Waals surface area contributed by atoms with Gasteiger partial charge in [0.25, 0.3) is 5.91 Å². The largest absolute Gasteiger partial charge is 0.384 e. The highest BCUT2D eigenvalue weighted by molar-refractivity contribution is 5.94. The van der Waals surface area contributed by atoms with Crippen LogP contribution in [0.15, 0.2) is 36.4 Å². The number of nitrogens with one attached hydrogen (secondary N) is 2. The lowest BCUT2D eigenvalue weighted by Gasteiger charge is -2.25. The van der Waals surface area contributed by atoms with E-state index in [9.17, 15) is 9.18 Å². The molecule has 0 radical (unpaired) electrons. The van der Waals surface area contributed by atoms with E-state index in [-0.39, 0.29) is 17.8 Å². The number of benzene rings is 1. The molecule has 5 heteroatoms. The highest BCUT2D eigenvalue weighted by atomic mass is 19.1. The predicted octanol–water partition coefficient (Wildman–Crippen LogP) is 4.02. The Morgan fingerprint density at radius 1 is 1.33 bits per heavy atom. The highest BCUT2D eigenvalue weighted by Crippen LogP contribution is 2.31. The van der Waals surface area contributed by atoms with Crippen molar-refractivity contribution in [2.45, 2.75) is 38.6 Å². The van der Waals surface area contributed by atoms with Crippen molar-refractivity contribution in [2.75, 3.05) is 11.9 Å². The molecule has 0 spiro atoms. The molecule has 1 amide bonds. The Hall–Kier alpha value is -2.43. The number of halogens is 1. The summed E-state index contributed by atoms with van der Waals surface area (Å²) < 4.78 is 13.0. The molecule has 0 saturated carbocycles. The number of pyridine rings is 1. The minimum absolute atomic E-state index is 0.165. The molecule has 4 nitrogen and oxygen atoms in total. The Labute approximate surface area is 141 Å². The maximum atomic E-state index is 13.0. The molecular weight excluding hydrogens is 305 g/mol. The smallest absolute Gasteiger partial charge is 0.251 e. The lowest BCUT2D eigenvalue weighted by molar-refractivity contribution is 0.0934. The van der Waals surface area contributed by atoms with E-state index in [4.69, 9.17) is 4.98 Å². The van der Waals surface area contributed by atoms with Gasteiger partial charge < -0.3 is 10.6 Å². The molecule has 0 saturated heterocycles. The Bertz CT molecular complexity index is 730. The van der Waals surface area contributed by atoms with E-state index < -0.39 is 0 Å². The van der Waals surface area contributed by atoms with Crippen LogP contribution in [0, 0.1) is 5.82 Å². The normalized spacial score (nSPS) is 17.5. The van der Waals surface area contributed by atoms with Gasteiger partial charge in [-0.3, -0.25) is 9.78 Å².